The molecule has 0 bridgehead atoms. The zero-order chi connectivity index (χ0) is 16.4. The van der Waals surface area contributed by atoms with Crippen molar-refractivity contribution in [2.45, 2.75) is 39.5 Å². The SMILES string of the molecule is Cc1c(C)c(C)c(S(=O)(=O)N(CCO)CCO)c(C)c1C. The second kappa shape index (κ2) is 6.87. The van der Waals surface area contributed by atoms with E-state index in [0.29, 0.717) is 4.90 Å². The molecule has 21 heavy (non-hydrogen) atoms. The molecule has 0 saturated heterocycles. The molecule has 1 aromatic carbocycles. The topological polar surface area (TPSA) is 77.8 Å². The number of aliphatic hydroxyl groups excluding tert-OH is 2. The van der Waals surface area contributed by atoms with E-state index in [1.807, 2.05) is 20.8 Å². The van der Waals surface area contributed by atoms with Crippen molar-refractivity contribution in [3.05, 3.63) is 27.8 Å². The molecule has 5 nitrogen and oxygen atoms in total. The zero-order valence-electron chi connectivity index (χ0n) is 13.4. The third-order valence-electron chi connectivity index (χ3n) is 4.23. The van der Waals surface area contributed by atoms with Gasteiger partial charge in [-0.1, -0.05) is 0 Å². The first-order chi connectivity index (χ1) is 9.69. The summed E-state index contributed by atoms with van der Waals surface area (Å²) < 4.78 is 26.9. The Kier molecular flexibility index (Phi) is 5.92. The maximum atomic E-state index is 12.9. The van der Waals surface area contributed by atoms with Crippen LogP contribution in [0.4, 0.5) is 0 Å². The summed E-state index contributed by atoms with van der Waals surface area (Å²) in [5.41, 5.74) is 4.49. The highest BCUT2D eigenvalue weighted by molar-refractivity contribution is 7.89. The standard InChI is InChI=1S/C15H25NO4S/c1-10-11(2)13(4)15(14(5)12(10)3)21(19,20)16(6-8-17)7-9-18/h17-18H,6-9H2,1-5H3. The minimum atomic E-state index is -3.74. The molecule has 0 amide bonds. The lowest BCUT2D eigenvalue weighted by Gasteiger charge is -2.25. The van der Waals surface area contributed by atoms with Gasteiger partial charge in [0.05, 0.1) is 18.1 Å². The molecule has 0 radical (unpaired) electrons. The largest absolute Gasteiger partial charge is 0.395 e. The molecule has 0 aliphatic rings. The van der Waals surface area contributed by atoms with Gasteiger partial charge in [-0.3, -0.25) is 0 Å². The van der Waals surface area contributed by atoms with Crippen LogP contribution < -0.4 is 0 Å². The Labute approximate surface area is 127 Å². The van der Waals surface area contributed by atoms with Gasteiger partial charge in [0.1, 0.15) is 0 Å². The first-order valence-electron chi connectivity index (χ1n) is 6.98. The quantitative estimate of drug-likeness (QED) is 0.827. The monoisotopic (exact) mass is 315 g/mol. The summed E-state index contributed by atoms with van der Waals surface area (Å²) in [6.07, 6.45) is 0. The molecule has 0 aromatic heterocycles. The smallest absolute Gasteiger partial charge is 0.243 e. The lowest BCUT2D eigenvalue weighted by atomic mass is 9.95. The van der Waals surface area contributed by atoms with Gasteiger partial charge < -0.3 is 10.2 Å². The fourth-order valence-electron chi connectivity index (χ4n) is 2.56. The average Bonchev–Trinajstić information content (AvgIpc) is 2.42. The molecule has 2 N–H and O–H groups in total. The molecule has 0 atom stereocenters. The van der Waals surface area contributed by atoms with Crippen LogP contribution in [0.5, 0.6) is 0 Å². The number of nitrogens with zero attached hydrogens (tertiary/aromatic N) is 1. The van der Waals surface area contributed by atoms with Gasteiger partial charge in [0.25, 0.3) is 0 Å². The van der Waals surface area contributed by atoms with Gasteiger partial charge in [-0.05, 0) is 62.4 Å². The molecule has 0 fully saturated rings. The van der Waals surface area contributed by atoms with Crippen LogP contribution in [0.25, 0.3) is 0 Å². The molecule has 0 unspecified atom stereocenters. The van der Waals surface area contributed by atoms with Gasteiger partial charge in [0.2, 0.25) is 10.0 Å². The molecule has 0 spiro atoms. The molecule has 1 rings (SSSR count). The molecule has 6 heteroatoms. The summed E-state index contributed by atoms with van der Waals surface area (Å²) in [5, 5.41) is 18.2. The van der Waals surface area contributed by atoms with E-state index < -0.39 is 10.0 Å². The highest BCUT2D eigenvalue weighted by Crippen LogP contribution is 2.31. The van der Waals surface area contributed by atoms with Gasteiger partial charge in [-0.25, -0.2) is 8.42 Å². The Morgan fingerprint density at radius 3 is 1.43 bits per heavy atom. The number of sulfonamides is 1. The number of rotatable bonds is 6. The molecule has 0 aliphatic carbocycles. The molecular weight excluding hydrogens is 290 g/mol. The first kappa shape index (κ1) is 18.1. The van der Waals surface area contributed by atoms with E-state index in [-0.39, 0.29) is 26.3 Å². The van der Waals surface area contributed by atoms with Crippen LogP contribution >= 0.6 is 0 Å². The summed E-state index contributed by atoms with van der Waals surface area (Å²) >= 11 is 0. The van der Waals surface area contributed by atoms with Crippen LogP contribution in [0, 0.1) is 34.6 Å². The summed E-state index contributed by atoms with van der Waals surface area (Å²) in [7, 11) is -3.74. The van der Waals surface area contributed by atoms with Crippen molar-refractivity contribution in [2.24, 2.45) is 0 Å². The highest BCUT2D eigenvalue weighted by atomic mass is 32.2. The Hall–Kier alpha value is -0.950. The van der Waals surface area contributed by atoms with Gasteiger partial charge >= 0.3 is 0 Å². The Balaban J connectivity index is 3.58. The predicted molar refractivity (Wildman–Crippen MR) is 83.1 cm³/mol. The van der Waals surface area contributed by atoms with Crippen molar-refractivity contribution in [1.82, 2.24) is 4.31 Å². The fraction of sp³-hybridized carbons (Fsp3) is 0.600. The van der Waals surface area contributed by atoms with Crippen LogP contribution in [0.1, 0.15) is 27.8 Å². The molecule has 120 valence electrons. The minimum Gasteiger partial charge on any atom is -0.395 e. The van der Waals surface area contributed by atoms with Crippen LogP contribution in [0.2, 0.25) is 0 Å². The fourth-order valence-corrected chi connectivity index (χ4v) is 4.54. The Morgan fingerprint density at radius 1 is 0.762 bits per heavy atom. The van der Waals surface area contributed by atoms with E-state index in [2.05, 4.69) is 0 Å². The Morgan fingerprint density at radius 2 is 1.10 bits per heavy atom. The predicted octanol–water partition coefficient (Wildman–Crippen LogP) is 1.20. The van der Waals surface area contributed by atoms with E-state index in [1.54, 1.807) is 13.8 Å². The van der Waals surface area contributed by atoms with Crippen molar-refractivity contribution in [2.75, 3.05) is 26.3 Å². The number of aliphatic hydroxyl groups is 2. The normalized spacial score (nSPS) is 12.2. The van der Waals surface area contributed by atoms with Crippen LogP contribution in [0.3, 0.4) is 0 Å². The lowest BCUT2D eigenvalue weighted by molar-refractivity contribution is 0.217. The second-order valence-electron chi connectivity index (χ2n) is 5.31. The van der Waals surface area contributed by atoms with Crippen molar-refractivity contribution in [3.63, 3.8) is 0 Å². The third-order valence-corrected chi connectivity index (χ3v) is 6.40. The van der Waals surface area contributed by atoms with Crippen molar-refractivity contribution >= 4 is 10.0 Å². The maximum Gasteiger partial charge on any atom is 0.243 e. The first-order valence-corrected chi connectivity index (χ1v) is 8.43. The van der Waals surface area contributed by atoms with E-state index in [9.17, 15) is 8.42 Å². The maximum absolute atomic E-state index is 12.9. The number of benzene rings is 1. The van der Waals surface area contributed by atoms with Crippen molar-refractivity contribution in [3.8, 4) is 0 Å². The molecule has 0 heterocycles. The molecule has 1 aromatic rings. The van der Waals surface area contributed by atoms with E-state index in [4.69, 9.17) is 10.2 Å². The van der Waals surface area contributed by atoms with Crippen LogP contribution in [-0.4, -0.2) is 49.2 Å². The molecular formula is C15H25NO4S. The summed E-state index contributed by atoms with van der Waals surface area (Å²) in [5.74, 6) is 0. The minimum absolute atomic E-state index is 0.0201. The Bertz CT molecular complexity index is 588. The lowest BCUT2D eigenvalue weighted by Crippen LogP contribution is -2.36. The van der Waals surface area contributed by atoms with Crippen molar-refractivity contribution in [1.29, 1.82) is 0 Å². The molecule has 0 aliphatic heterocycles. The van der Waals surface area contributed by atoms with Crippen LogP contribution in [-0.2, 0) is 10.0 Å². The van der Waals surface area contributed by atoms with E-state index >= 15 is 0 Å². The number of hydrogen-bond donors (Lipinski definition) is 2. The second-order valence-corrected chi connectivity index (χ2v) is 7.18. The number of hydrogen-bond acceptors (Lipinski definition) is 4. The summed E-state index contributed by atoms with van der Waals surface area (Å²) in [6.45, 7) is 8.83. The third kappa shape index (κ3) is 3.29. The van der Waals surface area contributed by atoms with Gasteiger partial charge in [0.15, 0.2) is 0 Å². The van der Waals surface area contributed by atoms with E-state index in [1.165, 1.54) is 0 Å². The summed E-state index contributed by atoms with van der Waals surface area (Å²) in [6, 6.07) is 0. The van der Waals surface area contributed by atoms with E-state index in [0.717, 1.165) is 32.1 Å². The van der Waals surface area contributed by atoms with Crippen LogP contribution in [0.15, 0.2) is 4.90 Å². The van der Waals surface area contributed by atoms with Gasteiger partial charge in [-0.15, -0.1) is 0 Å². The zero-order valence-corrected chi connectivity index (χ0v) is 14.2. The van der Waals surface area contributed by atoms with Gasteiger partial charge in [-0.2, -0.15) is 4.31 Å². The summed E-state index contributed by atoms with van der Waals surface area (Å²) in [4.78, 5) is 0.296. The molecule has 0 saturated carbocycles. The van der Waals surface area contributed by atoms with Crippen molar-refractivity contribution < 1.29 is 18.6 Å². The highest BCUT2D eigenvalue weighted by Gasteiger charge is 2.29. The average molecular weight is 315 g/mol. The van der Waals surface area contributed by atoms with Gasteiger partial charge in [0, 0.05) is 13.1 Å².